The Labute approximate surface area is 149 Å². The molecular formula is C18H20BrN5. The van der Waals surface area contributed by atoms with Crippen LogP contribution in [0.3, 0.4) is 0 Å². The summed E-state index contributed by atoms with van der Waals surface area (Å²) in [6.45, 7) is 2.08. The van der Waals surface area contributed by atoms with Gasteiger partial charge in [-0.2, -0.15) is 5.10 Å². The number of hydrogen-bond acceptors (Lipinski definition) is 4. The average Bonchev–Trinajstić information content (AvgIpc) is 3.03. The van der Waals surface area contributed by atoms with Crippen LogP contribution in [-0.2, 0) is 7.05 Å². The van der Waals surface area contributed by atoms with Crippen molar-refractivity contribution < 1.29 is 0 Å². The first-order chi connectivity index (χ1) is 11.7. The Balaban J connectivity index is 1.56. The SMILES string of the molecule is Cn1cc(N2CCCC(Nc3ccnc4c(Br)cccc34)C2)cn1. The summed E-state index contributed by atoms with van der Waals surface area (Å²) in [6.07, 6.45) is 8.26. The van der Waals surface area contributed by atoms with E-state index in [9.17, 15) is 0 Å². The van der Waals surface area contributed by atoms with Gasteiger partial charge in [0.2, 0.25) is 0 Å². The smallest absolute Gasteiger partial charge is 0.0864 e. The van der Waals surface area contributed by atoms with Crippen LogP contribution in [0.2, 0.25) is 0 Å². The van der Waals surface area contributed by atoms with Gasteiger partial charge in [-0.05, 0) is 40.9 Å². The van der Waals surface area contributed by atoms with Crippen molar-refractivity contribution in [3.63, 3.8) is 0 Å². The quantitative estimate of drug-likeness (QED) is 0.744. The molecule has 1 aliphatic heterocycles. The van der Waals surface area contributed by atoms with Crippen LogP contribution in [0, 0.1) is 0 Å². The van der Waals surface area contributed by atoms with Crippen molar-refractivity contribution in [3.8, 4) is 0 Å². The summed E-state index contributed by atoms with van der Waals surface area (Å²) in [7, 11) is 1.96. The predicted molar refractivity (Wildman–Crippen MR) is 102 cm³/mol. The van der Waals surface area contributed by atoms with Gasteiger partial charge in [-0.15, -0.1) is 0 Å². The average molecular weight is 386 g/mol. The van der Waals surface area contributed by atoms with E-state index in [4.69, 9.17) is 0 Å². The summed E-state index contributed by atoms with van der Waals surface area (Å²) in [5, 5.41) is 9.18. The second-order valence-corrected chi connectivity index (χ2v) is 7.15. The second kappa shape index (κ2) is 6.43. The summed E-state index contributed by atoms with van der Waals surface area (Å²) in [4.78, 5) is 6.90. The van der Waals surface area contributed by atoms with Crippen LogP contribution >= 0.6 is 15.9 Å². The van der Waals surface area contributed by atoms with Crippen LogP contribution in [0.25, 0.3) is 10.9 Å². The van der Waals surface area contributed by atoms with E-state index in [1.54, 1.807) is 0 Å². The predicted octanol–water partition coefficient (Wildman–Crippen LogP) is 3.81. The molecule has 124 valence electrons. The summed E-state index contributed by atoms with van der Waals surface area (Å²) in [5.41, 5.74) is 3.35. The normalized spacial score (nSPS) is 18.1. The van der Waals surface area contributed by atoms with E-state index >= 15 is 0 Å². The third-order valence-corrected chi connectivity index (χ3v) is 5.20. The zero-order valence-electron chi connectivity index (χ0n) is 13.6. The number of benzene rings is 1. The molecule has 3 heterocycles. The van der Waals surface area contributed by atoms with Crippen LogP contribution in [0.1, 0.15) is 12.8 Å². The van der Waals surface area contributed by atoms with Gasteiger partial charge in [0, 0.05) is 54.1 Å². The maximum absolute atomic E-state index is 4.49. The fraction of sp³-hybridized carbons (Fsp3) is 0.333. The summed E-state index contributed by atoms with van der Waals surface area (Å²) >= 11 is 3.59. The van der Waals surface area contributed by atoms with Crippen molar-refractivity contribution in [2.24, 2.45) is 7.05 Å². The zero-order valence-corrected chi connectivity index (χ0v) is 15.2. The number of piperidine rings is 1. The third kappa shape index (κ3) is 2.98. The van der Waals surface area contributed by atoms with Gasteiger partial charge >= 0.3 is 0 Å². The Bertz CT molecular complexity index is 859. The molecule has 1 N–H and O–H groups in total. The summed E-state index contributed by atoms with van der Waals surface area (Å²) < 4.78 is 2.89. The maximum atomic E-state index is 4.49. The minimum absolute atomic E-state index is 0.420. The number of nitrogens with one attached hydrogen (secondary N) is 1. The first kappa shape index (κ1) is 15.4. The molecule has 0 bridgehead atoms. The molecule has 3 aromatic rings. The lowest BCUT2D eigenvalue weighted by Crippen LogP contribution is -2.42. The number of fused-ring (bicyclic) bond motifs is 1. The van der Waals surface area contributed by atoms with Crippen molar-refractivity contribution in [1.29, 1.82) is 0 Å². The molecule has 1 saturated heterocycles. The van der Waals surface area contributed by atoms with E-state index in [0.29, 0.717) is 6.04 Å². The van der Waals surface area contributed by atoms with Crippen LogP contribution in [0.15, 0.2) is 47.3 Å². The lowest BCUT2D eigenvalue weighted by molar-refractivity contribution is 0.530. The van der Waals surface area contributed by atoms with Gasteiger partial charge in [0.25, 0.3) is 0 Å². The Morgan fingerprint density at radius 2 is 2.21 bits per heavy atom. The fourth-order valence-corrected chi connectivity index (χ4v) is 3.86. The van der Waals surface area contributed by atoms with Gasteiger partial charge in [0.15, 0.2) is 0 Å². The van der Waals surface area contributed by atoms with E-state index in [1.807, 2.05) is 30.2 Å². The molecule has 1 unspecified atom stereocenters. The molecule has 1 aliphatic rings. The minimum Gasteiger partial charge on any atom is -0.380 e. The standard InChI is InChI=1S/C18H20BrN5/c1-23-12-14(10-21-23)24-9-3-4-13(11-24)22-17-7-8-20-18-15(17)5-2-6-16(18)19/h2,5-8,10,12-13H,3-4,9,11H2,1H3,(H,20,22). The van der Waals surface area contributed by atoms with E-state index in [1.165, 1.54) is 18.5 Å². The maximum Gasteiger partial charge on any atom is 0.0864 e. The fourth-order valence-electron chi connectivity index (χ4n) is 3.39. The topological polar surface area (TPSA) is 46.0 Å². The highest BCUT2D eigenvalue weighted by Crippen LogP contribution is 2.29. The number of rotatable bonds is 3. The lowest BCUT2D eigenvalue weighted by Gasteiger charge is -2.34. The Morgan fingerprint density at radius 3 is 3.04 bits per heavy atom. The van der Waals surface area contributed by atoms with Crippen molar-refractivity contribution in [3.05, 3.63) is 47.3 Å². The molecule has 1 fully saturated rings. The second-order valence-electron chi connectivity index (χ2n) is 6.30. The molecule has 24 heavy (non-hydrogen) atoms. The molecule has 0 aliphatic carbocycles. The molecule has 0 amide bonds. The number of anilines is 2. The van der Waals surface area contributed by atoms with E-state index in [2.05, 4.69) is 60.6 Å². The number of aryl methyl sites for hydroxylation is 1. The Kier molecular flexibility index (Phi) is 4.14. The van der Waals surface area contributed by atoms with Gasteiger partial charge in [0.05, 0.1) is 17.4 Å². The van der Waals surface area contributed by atoms with Gasteiger partial charge in [0.1, 0.15) is 0 Å². The molecule has 0 radical (unpaired) electrons. The molecule has 2 aromatic heterocycles. The first-order valence-corrected chi connectivity index (χ1v) is 9.03. The highest BCUT2D eigenvalue weighted by Gasteiger charge is 2.21. The Hall–Kier alpha value is -2.08. The highest BCUT2D eigenvalue weighted by atomic mass is 79.9. The van der Waals surface area contributed by atoms with Gasteiger partial charge < -0.3 is 10.2 Å². The Morgan fingerprint density at radius 1 is 1.29 bits per heavy atom. The number of halogens is 1. The molecule has 1 aromatic carbocycles. The van der Waals surface area contributed by atoms with Crippen molar-refractivity contribution in [2.45, 2.75) is 18.9 Å². The zero-order chi connectivity index (χ0) is 16.5. The van der Waals surface area contributed by atoms with E-state index in [0.717, 1.165) is 34.2 Å². The number of pyridine rings is 1. The van der Waals surface area contributed by atoms with Crippen LogP contribution < -0.4 is 10.2 Å². The molecule has 6 heteroatoms. The number of nitrogens with zero attached hydrogens (tertiary/aromatic N) is 4. The molecular weight excluding hydrogens is 366 g/mol. The molecule has 1 atom stereocenters. The minimum atomic E-state index is 0.420. The third-order valence-electron chi connectivity index (χ3n) is 4.56. The monoisotopic (exact) mass is 385 g/mol. The van der Waals surface area contributed by atoms with E-state index < -0.39 is 0 Å². The molecule has 0 saturated carbocycles. The first-order valence-electron chi connectivity index (χ1n) is 8.24. The van der Waals surface area contributed by atoms with Crippen LogP contribution in [-0.4, -0.2) is 33.9 Å². The van der Waals surface area contributed by atoms with Crippen molar-refractivity contribution >= 4 is 38.2 Å². The van der Waals surface area contributed by atoms with Crippen molar-refractivity contribution in [2.75, 3.05) is 23.3 Å². The van der Waals surface area contributed by atoms with Crippen LogP contribution in [0.4, 0.5) is 11.4 Å². The van der Waals surface area contributed by atoms with Crippen molar-refractivity contribution in [1.82, 2.24) is 14.8 Å². The summed E-state index contributed by atoms with van der Waals surface area (Å²) in [5.74, 6) is 0. The van der Waals surface area contributed by atoms with Gasteiger partial charge in [-0.25, -0.2) is 0 Å². The number of aromatic nitrogens is 3. The van der Waals surface area contributed by atoms with E-state index in [-0.39, 0.29) is 0 Å². The van der Waals surface area contributed by atoms with Gasteiger partial charge in [-0.3, -0.25) is 9.67 Å². The van der Waals surface area contributed by atoms with Crippen LogP contribution in [0.5, 0.6) is 0 Å². The molecule has 0 spiro atoms. The molecule has 4 rings (SSSR count). The molecule has 5 nitrogen and oxygen atoms in total. The van der Waals surface area contributed by atoms with Gasteiger partial charge in [-0.1, -0.05) is 12.1 Å². The summed E-state index contributed by atoms with van der Waals surface area (Å²) in [6, 6.07) is 8.70. The highest BCUT2D eigenvalue weighted by molar-refractivity contribution is 9.10. The largest absolute Gasteiger partial charge is 0.380 e. The number of hydrogen-bond donors (Lipinski definition) is 1. The number of para-hydroxylation sites is 1. The lowest BCUT2D eigenvalue weighted by atomic mass is 10.0.